The molecule has 2 rings (SSSR count). The van der Waals surface area contributed by atoms with Gasteiger partial charge in [0.05, 0.1) is 0 Å². The Morgan fingerprint density at radius 2 is 1.71 bits per heavy atom. The molecule has 1 amide bonds. The minimum atomic E-state index is -1.08. The van der Waals surface area contributed by atoms with Crippen molar-refractivity contribution in [3.8, 4) is 0 Å². The molecule has 2 N–H and O–H groups in total. The molecule has 0 unspecified atom stereocenters. The van der Waals surface area contributed by atoms with Crippen LogP contribution >= 0.6 is 15.9 Å². The number of carbonyl (C=O) groups is 2. The number of nitrogens with one attached hydrogen (secondary N) is 1. The van der Waals surface area contributed by atoms with Gasteiger partial charge in [0, 0.05) is 4.47 Å². The topological polar surface area (TPSA) is 75.6 Å². The maximum Gasteiger partial charge on any atom is 0.408 e. The average Bonchev–Trinajstić information content (AvgIpc) is 2.59. The Bertz CT molecular complexity index is 673. The summed E-state index contributed by atoms with van der Waals surface area (Å²) in [7, 11) is 0. The van der Waals surface area contributed by atoms with Gasteiger partial charge in [-0.2, -0.15) is 0 Å². The Labute approximate surface area is 148 Å². The summed E-state index contributed by atoms with van der Waals surface area (Å²) in [5.41, 5.74) is 1.85. The first-order valence-electron chi connectivity index (χ1n) is 7.49. The average molecular weight is 392 g/mol. The molecule has 0 spiro atoms. The number of carboxylic acids is 1. The maximum absolute atomic E-state index is 11.8. The largest absolute Gasteiger partial charge is 0.480 e. The van der Waals surface area contributed by atoms with Crippen molar-refractivity contribution in [2.75, 3.05) is 0 Å². The fourth-order valence-corrected chi connectivity index (χ4v) is 2.39. The Morgan fingerprint density at radius 3 is 2.33 bits per heavy atom. The number of halogens is 1. The van der Waals surface area contributed by atoms with E-state index in [1.54, 1.807) is 0 Å². The second-order valence-electron chi connectivity index (χ2n) is 5.26. The van der Waals surface area contributed by atoms with Crippen molar-refractivity contribution in [1.82, 2.24) is 5.32 Å². The molecule has 1 atom stereocenters. The first kappa shape index (κ1) is 18.0. The van der Waals surface area contributed by atoms with E-state index < -0.39 is 18.1 Å². The zero-order valence-corrected chi connectivity index (χ0v) is 14.5. The normalized spacial score (nSPS) is 11.5. The highest BCUT2D eigenvalue weighted by molar-refractivity contribution is 9.10. The summed E-state index contributed by atoms with van der Waals surface area (Å²) in [4.78, 5) is 23.1. The molecule has 0 aromatic heterocycles. The maximum atomic E-state index is 11.8. The van der Waals surface area contributed by atoms with Gasteiger partial charge in [-0.1, -0.05) is 58.4 Å². The summed E-state index contributed by atoms with van der Waals surface area (Å²) in [5, 5.41) is 11.7. The van der Waals surface area contributed by atoms with Crippen molar-refractivity contribution in [2.45, 2.75) is 25.5 Å². The lowest BCUT2D eigenvalue weighted by atomic mass is 10.1. The van der Waals surface area contributed by atoms with E-state index in [1.807, 2.05) is 54.6 Å². The molecule has 0 fully saturated rings. The molecule has 0 saturated carbocycles. The van der Waals surface area contributed by atoms with Gasteiger partial charge in [-0.25, -0.2) is 9.59 Å². The SMILES string of the molecule is O=C(N[C@H](CCc1ccc(Br)cc1)C(=O)O)OCc1ccccc1. The van der Waals surface area contributed by atoms with Crippen molar-refractivity contribution in [3.05, 3.63) is 70.2 Å². The van der Waals surface area contributed by atoms with E-state index in [0.717, 1.165) is 15.6 Å². The van der Waals surface area contributed by atoms with Crippen LogP contribution in [0, 0.1) is 0 Å². The molecule has 2 aromatic rings. The minimum Gasteiger partial charge on any atom is -0.480 e. The molecule has 0 bridgehead atoms. The van der Waals surface area contributed by atoms with E-state index in [1.165, 1.54) is 0 Å². The number of carbonyl (C=O) groups excluding carboxylic acids is 1. The molecule has 5 nitrogen and oxygen atoms in total. The van der Waals surface area contributed by atoms with Gasteiger partial charge in [0.25, 0.3) is 0 Å². The van der Waals surface area contributed by atoms with Crippen molar-refractivity contribution < 1.29 is 19.4 Å². The zero-order valence-electron chi connectivity index (χ0n) is 12.9. The van der Waals surface area contributed by atoms with Crippen molar-refractivity contribution in [1.29, 1.82) is 0 Å². The van der Waals surface area contributed by atoms with E-state index in [4.69, 9.17) is 4.74 Å². The van der Waals surface area contributed by atoms with Gasteiger partial charge in [0.1, 0.15) is 12.6 Å². The standard InChI is InChI=1S/C18H18BrNO4/c19-15-9-6-13(7-10-15)8-11-16(17(21)22)20-18(23)24-12-14-4-2-1-3-5-14/h1-7,9-10,16H,8,11-12H2,(H,20,23)(H,21,22)/t16-/m1/s1. The summed E-state index contributed by atoms with van der Waals surface area (Å²) in [6.07, 6.45) is 0.0997. The molecule has 0 aliphatic rings. The van der Waals surface area contributed by atoms with Gasteiger partial charge in [-0.3, -0.25) is 0 Å². The van der Waals surface area contributed by atoms with Crippen molar-refractivity contribution in [2.24, 2.45) is 0 Å². The minimum absolute atomic E-state index is 0.103. The molecule has 0 aliphatic carbocycles. The van der Waals surface area contributed by atoms with Crippen LogP contribution in [0.2, 0.25) is 0 Å². The lowest BCUT2D eigenvalue weighted by Gasteiger charge is -2.14. The van der Waals surface area contributed by atoms with Gasteiger partial charge in [-0.05, 0) is 36.1 Å². The molecule has 0 heterocycles. The number of aliphatic carboxylic acids is 1. The third-order valence-electron chi connectivity index (χ3n) is 3.44. The molecule has 24 heavy (non-hydrogen) atoms. The van der Waals surface area contributed by atoms with Crippen LogP contribution in [0.3, 0.4) is 0 Å². The van der Waals surface area contributed by atoms with Crippen LogP contribution in [-0.4, -0.2) is 23.2 Å². The number of aryl methyl sites for hydroxylation is 1. The predicted molar refractivity (Wildman–Crippen MR) is 93.6 cm³/mol. The van der Waals surface area contributed by atoms with Crippen LogP contribution in [0.15, 0.2) is 59.1 Å². The number of hydrogen-bond acceptors (Lipinski definition) is 3. The highest BCUT2D eigenvalue weighted by Crippen LogP contribution is 2.12. The van der Waals surface area contributed by atoms with Crippen LogP contribution < -0.4 is 5.32 Å². The Morgan fingerprint density at radius 1 is 1.04 bits per heavy atom. The molecular weight excluding hydrogens is 374 g/mol. The highest BCUT2D eigenvalue weighted by Gasteiger charge is 2.20. The molecule has 126 valence electrons. The summed E-state index contributed by atoms with van der Waals surface area (Å²) in [6, 6.07) is 15.8. The highest BCUT2D eigenvalue weighted by atomic mass is 79.9. The first-order valence-corrected chi connectivity index (χ1v) is 8.28. The second kappa shape index (κ2) is 9.08. The van der Waals surface area contributed by atoms with E-state index in [9.17, 15) is 14.7 Å². The van der Waals surface area contributed by atoms with Crippen molar-refractivity contribution >= 4 is 28.0 Å². The molecule has 2 aromatic carbocycles. The lowest BCUT2D eigenvalue weighted by Crippen LogP contribution is -2.41. The van der Waals surface area contributed by atoms with Gasteiger partial charge in [0.2, 0.25) is 0 Å². The smallest absolute Gasteiger partial charge is 0.408 e. The molecule has 0 radical (unpaired) electrons. The van der Waals surface area contributed by atoms with Crippen molar-refractivity contribution in [3.63, 3.8) is 0 Å². The number of hydrogen-bond donors (Lipinski definition) is 2. The summed E-state index contributed by atoms with van der Waals surface area (Å²) in [6.45, 7) is 0.103. The number of alkyl carbamates (subject to hydrolysis) is 1. The summed E-state index contributed by atoms with van der Waals surface area (Å²) in [5.74, 6) is -1.08. The van der Waals surface area contributed by atoms with Gasteiger partial charge in [0.15, 0.2) is 0 Å². The number of carboxylic acid groups (broad SMARTS) is 1. The zero-order chi connectivity index (χ0) is 17.4. The number of benzene rings is 2. The molecule has 0 aliphatic heterocycles. The first-order chi connectivity index (χ1) is 11.5. The van der Waals surface area contributed by atoms with E-state index in [-0.39, 0.29) is 13.0 Å². The van der Waals surface area contributed by atoms with E-state index in [0.29, 0.717) is 6.42 Å². The van der Waals surface area contributed by atoms with E-state index in [2.05, 4.69) is 21.2 Å². The van der Waals surface area contributed by atoms with Crippen LogP contribution in [-0.2, 0) is 22.6 Å². The number of ether oxygens (including phenoxy) is 1. The van der Waals surface area contributed by atoms with Gasteiger partial charge in [-0.15, -0.1) is 0 Å². The third-order valence-corrected chi connectivity index (χ3v) is 3.97. The van der Waals surface area contributed by atoms with Gasteiger partial charge < -0.3 is 15.2 Å². The lowest BCUT2D eigenvalue weighted by molar-refractivity contribution is -0.139. The molecule has 6 heteroatoms. The molecular formula is C18H18BrNO4. The van der Waals surface area contributed by atoms with Crippen LogP contribution in [0.4, 0.5) is 4.79 Å². The number of rotatable bonds is 7. The van der Waals surface area contributed by atoms with Gasteiger partial charge >= 0.3 is 12.1 Å². The predicted octanol–water partition coefficient (Wildman–Crippen LogP) is 3.76. The van der Waals surface area contributed by atoms with Crippen LogP contribution in [0.5, 0.6) is 0 Å². The Balaban J connectivity index is 1.82. The summed E-state index contributed by atoms with van der Waals surface area (Å²) >= 11 is 3.35. The monoisotopic (exact) mass is 391 g/mol. The molecule has 0 saturated heterocycles. The summed E-state index contributed by atoms with van der Waals surface area (Å²) < 4.78 is 6.02. The van der Waals surface area contributed by atoms with Crippen LogP contribution in [0.25, 0.3) is 0 Å². The van der Waals surface area contributed by atoms with Crippen LogP contribution in [0.1, 0.15) is 17.5 Å². The Hall–Kier alpha value is -2.34. The fraction of sp³-hybridized carbons (Fsp3) is 0.222. The fourth-order valence-electron chi connectivity index (χ4n) is 2.13. The Kier molecular flexibility index (Phi) is 6.81. The second-order valence-corrected chi connectivity index (χ2v) is 6.18. The third kappa shape index (κ3) is 6.04. The quantitative estimate of drug-likeness (QED) is 0.753. The van der Waals surface area contributed by atoms with E-state index >= 15 is 0 Å². The number of amides is 1.